The quantitative estimate of drug-likeness (QED) is 0.887. The van der Waals surface area contributed by atoms with E-state index in [2.05, 4.69) is 10.3 Å². The van der Waals surface area contributed by atoms with Crippen LogP contribution in [0, 0.1) is 11.3 Å². The lowest BCUT2D eigenvalue weighted by Crippen LogP contribution is -2.13. The van der Waals surface area contributed by atoms with Crippen LogP contribution in [0.25, 0.3) is 0 Å². The molecule has 0 aliphatic rings. The minimum absolute atomic E-state index is 0.0792. The van der Waals surface area contributed by atoms with Gasteiger partial charge in [0.05, 0.1) is 18.2 Å². The lowest BCUT2D eigenvalue weighted by atomic mass is 10.1. The van der Waals surface area contributed by atoms with Gasteiger partial charge < -0.3 is 15.2 Å². The first-order valence-corrected chi connectivity index (χ1v) is 5.68. The van der Waals surface area contributed by atoms with E-state index in [4.69, 9.17) is 10.00 Å². The maximum absolute atomic E-state index is 12.0. The lowest BCUT2D eigenvalue weighted by Gasteiger charge is -2.08. The molecule has 0 bridgehead atoms. The van der Waals surface area contributed by atoms with Crippen LogP contribution in [0.1, 0.15) is 15.9 Å². The summed E-state index contributed by atoms with van der Waals surface area (Å²) in [5.41, 5.74) is 0.475. The highest BCUT2D eigenvalue weighted by Crippen LogP contribution is 2.23. The van der Waals surface area contributed by atoms with Gasteiger partial charge in [-0.3, -0.25) is 4.79 Å². The fraction of sp³-hybridized carbons (Fsp3) is 0.0714. The third-order valence-electron chi connectivity index (χ3n) is 2.58. The summed E-state index contributed by atoms with van der Waals surface area (Å²) in [5, 5.41) is 20.9. The molecule has 0 spiro atoms. The highest BCUT2D eigenvalue weighted by atomic mass is 16.5. The van der Waals surface area contributed by atoms with Gasteiger partial charge >= 0.3 is 0 Å². The van der Waals surface area contributed by atoms with Crippen molar-refractivity contribution in [3.8, 4) is 17.6 Å². The average Bonchev–Trinajstić information content (AvgIpc) is 2.48. The van der Waals surface area contributed by atoms with Gasteiger partial charge in [-0.15, -0.1) is 0 Å². The van der Waals surface area contributed by atoms with Crippen molar-refractivity contribution in [3.63, 3.8) is 0 Å². The van der Waals surface area contributed by atoms with Crippen molar-refractivity contribution in [2.45, 2.75) is 0 Å². The monoisotopic (exact) mass is 269 g/mol. The first-order chi connectivity index (χ1) is 9.63. The van der Waals surface area contributed by atoms with Crippen LogP contribution in [-0.2, 0) is 0 Å². The molecule has 2 N–H and O–H groups in total. The number of methoxy groups -OCH3 is 1. The van der Waals surface area contributed by atoms with Crippen molar-refractivity contribution in [1.29, 1.82) is 5.26 Å². The van der Waals surface area contributed by atoms with Gasteiger partial charge in [0, 0.05) is 6.20 Å². The molecule has 1 heterocycles. The molecule has 0 fully saturated rings. The summed E-state index contributed by atoms with van der Waals surface area (Å²) in [7, 11) is 1.47. The van der Waals surface area contributed by atoms with Crippen LogP contribution < -0.4 is 10.1 Å². The summed E-state index contributed by atoms with van der Waals surface area (Å²) in [5.74, 6) is 0.0764. The van der Waals surface area contributed by atoms with Crippen LogP contribution in [-0.4, -0.2) is 23.1 Å². The summed E-state index contributed by atoms with van der Waals surface area (Å²) in [6, 6.07) is 9.32. The van der Waals surface area contributed by atoms with Gasteiger partial charge in [0.15, 0.2) is 0 Å². The minimum Gasteiger partial charge on any atom is -0.507 e. The first-order valence-electron chi connectivity index (χ1n) is 5.68. The number of phenols is 1. The number of carbonyl (C=O) groups is 1. The van der Waals surface area contributed by atoms with Gasteiger partial charge in [0.1, 0.15) is 23.4 Å². The Bertz CT molecular complexity index is 675. The molecule has 2 rings (SSSR count). The van der Waals surface area contributed by atoms with E-state index in [-0.39, 0.29) is 17.1 Å². The molecular weight excluding hydrogens is 258 g/mol. The number of nitrogens with one attached hydrogen (secondary N) is 1. The molecule has 100 valence electrons. The number of hydrogen-bond acceptors (Lipinski definition) is 5. The van der Waals surface area contributed by atoms with Crippen LogP contribution in [0.2, 0.25) is 0 Å². The molecule has 0 saturated heterocycles. The number of nitriles is 1. The molecular formula is C14H11N3O3. The number of ether oxygens (including phenoxy) is 1. The smallest absolute Gasteiger partial charge is 0.260 e. The molecule has 0 aliphatic heterocycles. The molecule has 1 aromatic carbocycles. The molecule has 0 radical (unpaired) electrons. The van der Waals surface area contributed by atoms with Crippen molar-refractivity contribution in [1.82, 2.24) is 4.98 Å². The van der Waals surface area contributed by atoms with Crippen LogP contribution in [0.4, 0.5) is 5.82 Å². The number of anilines is 1. The Morgan fingerprint density at radius 3 is 2.80 bits per heavy atom. The summed E-state index contributed by atoms with van der Waals surface area (Å²) >= 11 is 0. The number of benzene rings is 1. The van der Waals surface area contributed by atoms with Crippen LogP contribution >= 0.6 is 0 Å². The van der Waals surface area contributed by atoms with E-state index in [0.717, 1.165) is 0 Å². The molecule has 1 amide bonds. The number of carbonyl (C=O) groups excluding carboxylic acids is 1. The van der Waals surface area contributed by atoms with Crippen LogP contribution in [0.3, 0.4) is 0 Å². The fourth-order valence-electron chi connectivity index (χ4n) is 1.54. The predicted octanol–water partition coefficient (Wildman–Crippen LogP) is 1.92. The number of aromatic hydroxyl groups is 1. The van der Waals surface area contributed by atoms with Gasteiger partial charge in [-0.2, -0.15) is 5.26 Å². The number of rotatable bonds is 3. The molecule has 0 atom stereocenters. The highest BCUT2D eigenvalue weighted by Gasteiger charge is 2.13. The van der Waals surface area contributed by atoms with Crippen LogP contribution in [0.5, 0.6) is 11.5 Å². The lowest BCUT2D eigenvalue weighted by molar-refractivity contribution is 0.102. The summed E-state index contributed by atoms with van der Waals surface area (Å²) in [6.07, 6.45) is 1.35. The van der Waals surface area contributed by atoms with Crippen molar-refractivity contribution in [2.24, 2.45) is 0 Å². The van der Waals surface area contributed by atoms with E-state index in [1.807, 2.05) is 6.07 Å². The Morgan fingerprint density at radius 1 is 1.40 bits per heavy atom. The third kappa shape index (κ3) is 2.84. The average molecular weight is 269 g/mol. The first kappa shape index (κ1) is 13.4. The SMILES string of the molecule is COc1ccc(O)c(C(=O)Nc2ccc(C#N)cn2)c1. The number of aromatic nitrogens is 1. The second-order valence-corrected chi connectivity index (χ2v) is 3.88. The number of hydrogen-bond donors (Lipinski definition) is 2. The number of nitrogens with zero attached hydrogens (tertiary/aromatic N) is 2. The normalized spacial score (nSPS) is 9.60. The number of phenolic OH excluding ortho intramolecular Hbond substituents is 1. The molecule has 0 aliphatic carbocycles. The zero-order valence-corrected chi connectivity index (χ0v) is 10.6. The van der Waals surface area contributed by atoms with Crippen molar-refractivity contribution >= 4 is 11.7 Å². The zero-order valence-electron chi connectivity index (χ0n) is 10.6. The Morgan fingerprint density at radius 2 is 2.20 bits per heavy atom. The molecule has 1 aromatic heterocycles. The third-order valence-corrected chi connectivity index (χ3v) is 2.58. The Kier molecular flexibility index (Phi) is 3.82. The molecule has 0 unspecified atom stereocenters. The van der Waals surface area contributed by atoms with Crippen molar-refractivity contribution in [3.05, 3.63) is 47.7 Å². The molecule has 20 heavy (non-hydrogen) atoms. The topological polar surface area (TPSA) is 95.2 Å². The van der Waals surface area contributed by atoms with Gasteiger partial charge in [-0.1, -0.05) is 0 Å². The van der Waals surface area contributed by atoms with E-state index < -0.39 is 5.91 Å². The number of amides is 1. The summed E-state index contributed by atoms with van der Waals surface area (Å²) in [4.78, 5) is 15.9. The van der Waals surface area contributed by atoms with Crippen molar-refractivity contribution in [2.75, 3.05) is 12.4 Å². The largest absolute Gasteiger partial charge is 0.507 e. The van der Waals surface area contributed by atoms with E-state index in [1.165, 1.54) is 37.6 Å². The van der Waals surface area contributed by atoms with Crippen LogP contribution in [0.15, 0.2) is 36.5 Å². The summed E-state index contributed by atoms with van der Waals surface area (Å²) in [6.45, 7) is 0. The minimum atomic E-state index is -0.515. The van der Waals surface area contributed by atoms with Crippen molar-refractivity contribution < 1.29 is 14.6 Å². The van der Waals surface area contributed by atoms with Gasteiger partial charge in [0.25, 0.3) is 5.91 Å². The number of pyridine rings is 1. The standard InChI is InChI=1S/C14H11N3O3/c1-20-10-3-4-12(18)11(6-10)14(19)17-13-5-2-9(7-15)8-16-13/h2-6,8,18H,1H3,(H,16,17,19). The Balaban J connectivity index is 2.21. The molecule has 6 heteroatoms. The maximum atomic E-state index is 12.0. The van der Waals surface area contributed by atoms with E-state index in [9.17, 15) is 9.90 Å². The van der Waals surface area contributed by atoms with E-state index in [0.29, 0.717) is 11.3 Å². The fourth-order valence-corrected chi connectivity index (χ4v) is 1.54. The molecule has 0 saturated carbocycles. The van der Waals surface area contributed by atoms with E-state index >= 15 is 0 Å². The highest BCUT2D eigenvalue weighted by molar-refractivity contribution is 6.05. The second-order valence-electron chi connectivity index (χ2n) is 3.88. The second kappa shape index (κ2) is 5.71. The van der Waals surface area contributed by atoms with Gasteiger partial charge in [-0.05, 0) is 30.3 Å². The molecule has 6 nitrogen and oxygen atoms in total. The maximum Gasteiger partial charge on any atom is 0.260 e. The summed E-state index contributed by atoms with van der Waals surface area (Å²) < 4.78 is 5.00. The molecule has 2 aromatic rings. The van der Waals surface area contributed by atoms with Gasteiger partial charge in [0.2, 0.25) is 0 Å². The zero-order chi connectivity index (χ0) is 14.5. The van der Waals surface area contributed by atoms with Gasteiger partial charge in [-0.25, -0.2) is 4.98 Å². The predicted molar refractivity (Wildman–Crippen MR) is 71.6 cm³/mol. The van der Waals surface area contributed by atoms with E-state index in [1.54, 1.807) is 6.07 Å². The Labute approximate surface area is 115 Å². The Hall–Kier alpha value is -3.07.